The van der Waals surface area contributed by atoms with Gasteiger partial charge >= 0.3 is 0 Å². The van der Waals surface area contributed by atoms with E-state index in [0.29, 0.717) is 5.89 Å². The summed E-state index contributed by atoms with van der Waals surface area (Å²) >= 11 is 0. The molecule has 4 nitrogen and oxygen atoms in total. The minimum Gasteiger partial charge on any atom is -0.425 e. The van der Waals surface area contributed by atoms with Crippen LogP contribution in [0.2, 0.25) is 0 Å². The molecule has 0 bridgehead atoms. The van der Waals surface area contributed by atoms with Gasteiger partial charge in [0.2, 0.25) is 20.8 Å². The van der Waals surface area contributed by atoms with Crippen molar-refractivity contribution in [3.8, 4) is 11.5 Å². The number of hydrogen-bond acceptors (Lipinski definition) is 4. The van der Waals surface area contributed by atoms with Crippen LogP contribution in [-0.2, 0) is 9.84 Å². The lowest BCUT2D eigenvalue weighted by molar-refractivity contribution is 0.460. The minimum absolute atomic E-state index is 0.108. The molecule has 0 spiro atoms. The first kappa shape index (κ1) is 10.9. The van der Waals surface area contributed by atoms with Crippen LogP contribution in [0.15, 0.2) is 40.0 Å². The van der Waals surface area contributed by atoms with Gasteiger partial charge in [0.1, 0.15) is 0 Å². The van der Waals surface area contributed by atoms with Crippen LogP contribution < -0.4 is 0 Å². The van der Waals surface area contributed by atoms with Crippen molar-refractivity contribution in [2.75, 3.05) is 6.26 Å². The van der Waals surface area contributed by atoms with Gasteiger partial charge in [-0.15, -0.1) is 0 Å². The number of aromatic nitrogens is 1. The molecule has 0 aliphatic carbocycles. The van der Waals surface area contributed by atoms with Gasteiger partial charge in [0.05, 0.1) is 6.20 Å². The second-order valence-corrected chi connectivity index (χ2v) is 5.57. The Morgan fingerprint density at radius 3 is 2.31 bits per heavy atom. The minimum atomic E-state index is -3.33. The number of aryl methyl sites for hydroxylation is 1. The fourth-order valence-corrected chi connectivity index (χ4v) is 1.73. The highest BCUT2D eigenvalue weighted by molar-refractivity contribution is 7.90. The molecule has 1 aromatic heterocycles. The van der Waals surface area contributed by atoms with Crippen molar-refractivity contribution >= 4 is 9.84 Å². The topological polar surface area (TPSA) is 60.2 Å². The Bertz CT molecular complexity index is 596. The van der Waals surface area contributed by atoms with Gasteiger partial charge in [-0.3, -0.25) is 0 Å². The van der Waals surface area contributed by atoms with E-state index in [1.807, 2.05) is 31.2 Å². The highest BCUT2D eigenvalue weighted by atomic mass is 32.2. The number of oxazole rings is 1. The van der Waals surface area contributed by atoms with Gasteiger partial charge in [0.25, 0.3) is 0 Å². The van der Waals surface area contributed by atoms with Gasteiger partial charge in [0, 0.05) is 11.8 Å². The number of benzene rings is 1. The molecular weight excluding hydrogens is 226 g/mol. The zero-order valence-corrected chi connectivity index (χ0v) is 9.78. The van der Waals surface area contributed by atoms with E-state index in [1.54, 1.807) is 0 Å². The first-order chi connectivity index (χ1) is 7.47. The van der Waals surface area contributed by atoms with Crippen LogP contribution in [0.1, 0.15) is 5.56 Å². The molecule has 0 fully saturated rings. The maximum absolute atomic E-state index is 11.2. The van der Waals surface area contributed by atoms with E-state index in [9.17, 15) is 8.42 Å². The van der Waals surface area contributed by atoms with Crippen LogP contribution in [0.4, 0.5) is 0 Å². The summed E-state index contributed by atoms with van der Waals surface area (Å²) in [7, 11) is -3.33. The zero-order valence-electron chi connectivity index (χ0n) is 8.97. The number of sulfone groups is 1. The molecule has 0 unspecified atom stereocenters. The summed E-state index contributed by atoms with van der Waals surface area (Å²) in [6.07, 6.45) is 2.32. The predicted octanol–water partition coefficient (Wildman–Crippen LogP) is 2.05. The van der Waals surface area contributed by atoms with Crippen LogP contribution in [-0.4, -0.2) is 19.7 Å². The van der Waals surface area contributed by atoms with Gasteiger partial charge < -0.3 is 4.42 Å². The van der Waals surface area contributed by atoms with Crippen LogP contribution in [0.25, 0.3) is 11.5 Å². The zero-order chi connectivity index (χ0) is 11.8. The molecule has 5 heteroatoms. The van der Waals surface area contributed by atoms with E-state index in [0.717, 1.165) is 17.4 Å². The molecule has 0 N–H and O–H groups in total. The van der Waals surface area contributed by atoms with E-state index in [4.69, 9.17) is 4.42 Å². The van der Waals surface area contributed by atoms with Gasteiger partial charge in [-0.1, -0.05) is 17.7 Å². The van der Waals surface area contributed by atoms with Crippen molar-refractivity contribution in [1.82, 2.24) is 4.98 Å². The van der Waals surface area contributed by atoms with Crippen LogP contribution in [0.3, 0.4) is 0 Å². The van der Waals surface area contributed by atoms with E-state index in [-0.39, 0.29) is 5.09 Å². The van der Waals surface area contributed by atoms with Crippen LogP contribution >= 0.6 is 0 Å². The molecule has 0 saturated heterocycles. The average molecular weight is 237 g/mol. The molecule has 84 valence electrons. The summed E-state index contributed by atoms with van der Waals surface area (Å²) in [4.78, 5) is 3.94. The molecule has 16 heavy (non-hydrogen) atoms. The molecule has 0 aliphatic heterocycles. The van der Waals surface area contributed by atoms with E-state index < -0.39 is 9.84 Å². The highest BCUT2D eigenvalue weighted by Gasteiger charge is 2.14. The third kappa shape index (κ3) is 2.14. The second kappa shape index (κ2) is 3.75. The smallest absolute Gasteiger partial charge is 0.238 e. The van der Waals surface area contributed by atoms with Crippen molar-refractivity contribution in [2.24, 2.45) is 0 Å². The maximum atomic E-state index is 11.2. The van der Waals surface area contributed by atoms with Crippen molar-refractivity contribution in [2.45, 2.75) is 12.0 Å². The molecule has 2 aromatic rings. The van der Waals surface area contributed by atoms with E-state index in [1.165, 1.54) is 6.20 Å². The first-order valence-electron chi connectivity index (χ1n) is 4.70. The Hall–Kier alpha value is -1.62. The molecule has 0 saturated carbocycles. The highest BCUT2D eigenvalue weighted by Crippen LogP contribution is 2.21. The van der Waals surface area contributed by atoms with Crippen molar-refractivity contribution in [3.05, 3.63) is 36.0 Å². The third-order valence-corrected chi connectivity index (χ3v) is 3.07. The standard InChI is InChI=1S/C11H11NO3S/c1-8-3-5-9(6-4-8)11-12-7-10(15-11)16(2,13)14/h3-7H,1-2H3. The predicted molar refractivity (Wildman–Crippen MR) is 59.8 cm³/mol. The quantitative estimate of drug-likeness (QED) is 0.802. The van der Waals surface area contributed by atoms with Crippen LogP contribution in [0.5, 0.6) is 0 Å². The fraction of sp³-hybridized carbons (Fsp3) is 0.182. The summed E-state index contributed by atoms with van der Waals surface area (Å²) in [5.41, 5.74) is 1.89. The summed E-state index contributed by atoms with van der Waals surface area (Å²) in [6.45, 7) is 1.97. The molecular formula is C11H11NO3S. The third-order valence-electron chi connectivity index (χ3n) is 2.15. The first-order valence-corrected chi connectivity index (χ1v) is 6.59. The summed E-state index contributed by atoms with van der Waals surface area (Å²) in [5, 5.41) is -0.108. The number of rotatable bonds is 2. The summed E-state index contributed by atoms with van der Waals surface area (Å²) < 4.78 is 27.6. The molecule has 0 radical (unpaired) electrons. The number of hydrogen-bond donors (Lipinski definition) is 0. The largest absolute Gasteiger partial charge is 0.425 e. The van der Waals surface area contributed by atoms with Gasteiger partial charge in [-0.2, -0.15) is 0 Å². The van der Waals surface area contributed by atoms with Crippen molar-refractivity contribution in [3.63, 3.8) is 0 Å². The number of nitrogens with zero attached hydrogens (tertiary/aromatic N) is 1. The van der Waals surface area contributed by atoms with Crippen molar-refractivity contribution in [1.29, 1.82) is 0 Å². The molecule has 1 aromatic carbocycles. The summed E-state index contributed by atoms with van der Waals surface area (Å²) in [6, 6.07) is 7.51. The van der Waals surface area contributed by atoms with E-state index in [2.05, 4.69) is 4.98 Å². The molecule has 0 aliphatic rings. The maximum Gasteiger partial charge on any atom is 0.238 e. The van der Waals surface area contributed by atoms with Crippen molar-refractivity contribution < 1.29 is 12.8 Å². The molecule has 0 amide bonds. The lowest BCUT2D eigenvalue weighted by Crippen LogP contribution is -1.93. The van der Waals surface area contributed by atoms with Gasteiger partial charge in [-0.25, -0.2) is 13.4 Å². The van der Waals surface area contributed by atoms with Gasteiger partial charge in [0.15, 0.2) is 0 Å². The lowest BCUT2D eigenvalue weighted by atomic mass is 10.1. The average Bonchev–Trinajstić information content (AvgIpc) is 2.67. The molecule has 1 heterocycles. The Morgan fingerprint density at radius 2 is 1.81 bits per heavy atom. The normalized spacial score (nSPS) is 11.6. The Balaban J connectivity index is 2.43. The fourth-order valence-electron chi connectivity index (χ4n) is 1.26. The molecule has 2 rings (SSSR count). The summed E-state index contributed by atoms with van der Waals surface area (Å²) in [5.74, 6) is 0.320. The van der Waals surface area contributed by atoms with E-state index >= 15 is 0 Å². The van der Waals surface area contributed by atoms with Crippen LogP contribution in [0, 0.1) is 6.92 Å². The Labute approximate surface area is 93.9 Å². The van der Waals surface area contributed by atoms with Gasteiger partial charge in [-0.05, 0) is 19.1 Å². The molecule has 0 atom stereocenters. The lowest BCUT2D eigenvalue weighted by Gasteiger charge is -1.96. The Morgan fingerprint density at radius 1 is 1.19 bits per heavy atom. The second-order valence-electron chi connectivity index (χ2n) is 3.62. The SMILES string of the molecule is Cc1ccc(-c2ncc(S(C)(=O)=O)o2)cc1. The Kier molecular flexibility index (Phi) is 2.55. The monoisotopic (exact) mass is 237 g/mol.